The molecule has 0 aliphatic heterocycles. The molecule has 9 heteroatoms. The van der Waals surface area contributed by atoms with Gasteiger partial charge < -0.3 is 19.7 Å². The Morgan fingerprint density at radius 3 is 2.78 bits per heavy atom. The van der Waals surface area contributed by atoms with Crippen molar-refractivity contribution in [2.24, 2.45) is 5.92 Å². The lowest BCUT2D eigenvalue weighted by Crippen LogP contribution is -2.43. The fourth-order valence-electron chi connectivity index (χ4n) is 4.89. The van der Waals surface area contributed by atoms with Crippen LogP contribution in [0.25, 0.3) is 17.0 Å². The molecule has 5 rings (SSSR count). The SMILES string of the molecule is COCC1CC(c2nc(-c3ccc(C(=O)NC4(C(=O)O)CC4)c(F)c3)no2)=CC=C1C1=C(C)C=CCC1. The second kappa shape index (κ2) is 9.89. The number of aromatic nitrogens is 2. The lowest BCUT2D eigenvalue weighted by atomic mass is 9.79. The summed E-state index contributed by atoms with van der Waals surface area (Å²) < 4.78 is 25.8. The zero-order valence-corrected chi connectivity index (χ0v) is 20.7. The number of halogens is 1. The number of carbonyl (C=O) groups excluding carboxylic acids is 1. The Bertz CT molecular complexity index is 1380. The largest absolute Gasteiger partial charge is 0.480 e. The van der Waals surface area contributed by atoms with Crippen molar-refractivity contribution in [3.8, 4) is 11.4 Å². The first-order chi connectivity index (χ1) is 17.8. The first-order valence-corrected chi connectivity index (χ1v) is 12.3. The molecule has 2 aromatic rings. The van der Waals surface area contributed by atoms with Gasteiger partial charge in [-0.3, -0.25) is 4.79 Å². The molecule has 1 aromatic heterocycles. The van der Waals surface area contributed by atoms with Crippen molar-refractivity contribution in [3.05, 3.63) is 76.5 Å². The van der Waals surface area contributed by atoms with E-state index in [2.05, 4.69) is 40.6 Å². The molecule has 37 heavy (non-hydrogen) atoms. The van der Waals surface area contributed by atoms with Crippen LogP contribution in [0.2, 0.25) is 0 Å². The third-order valence-electron chi connectivity index (χ3n) is 7.18. The molecule has 3 aliphatic carbocycles. The average Bonchev–Trinajstić information content (AvgIpc) is 3.50. The van der Waals surface area contributed by atoms with Gasteiger partial charge in [-0.05, 0) is 67.9 Å². The van der Waals surface area contributed by atoms with E-state index in [0.717, 1.165) is 24.5 Å². The van der Waals surface area contributed by atoms with E-state index in [4.69, 9.17) is 9.26 Å². The van der Waals surface area contributed by atoms with Crippen LogP contribution in [-0.2, 0) is 9.53 Å². The molecule has 0 spiro atoms. The summed E-state index contributed by atoms with van der Waals surface area (Å²) in [4.78, 5) is 28.2. The summed E-state index contributed by atoms with van der Waals surface area (Å²) in [5, 5.41) is 15.7. The van der Waals surface area contributed by atoms with Gasteiger partial charge in [0.1, 0.15) is 11.4 Å². The van der Waals surface area contributed by atoms with Gasteiger partial charge in [0, 0.05) is 24.2 Å². The summed E-state index contributed by atoms with van der Waals surface area (Å²) in [5.74, 6) is -1.99. The molecule has 1 aromatic carbocycles. The first-order valence-electron chi connectivity index (χ1n) is 12.3. The number of nitrogens with zero attached hydrogens (tertiary/aromatic N) is 2. The predicted octanol–water partition coefficient (Wildman–Crippen LogP) is 4.87. The highest BCUT2D eigenvalue weighted by molar-refractivity contribution is 5.99. The van der Waals surface area contributed by atoms with Crippen LogP contribution in [0, 0.1) is 11.7 Å². The molecular formula is C28H28FN3O5. The second-order valence-electron chi connectivity index (χ2n) is 9.73. The van der Waals surface area contributed by atoms with Crippen molar-refractivity contribution in [1.82, 2.24) is 15.5 Å². The summed E-state index contributed by atoms with van der Waals surface area (Å²) in [7, 11) is 1.69. The molecule has 0 saturated heterocycles. The van der Waals surface area contributed by atoms with E-state index in [1.165, 1.54) is 28.9 Å². The summed E-state index contributed by atoms with van der Waals surface area (Å²) in [6, 6.07) is 3.96. The molecule has 8 nitrogen and oxygen atoms in total. The summed E-state index contributed by atoms with van der Waals surface area (Å²) in [6.07, 6.45) is 11.8. The van der Waals surface area contributed by atoms with Crippen LogP contribution < -0.4 is 5.32 Å². The van der Waals surface area contributed by atoms with Gasteiger partial charge in [0.15, 0.2) is 0 Å². The Balaban J connectivity index is 1.36. The number of ether oxygens (including phenoxy) is 1. The fourth-order valence-corrected chi connectivity index (χ4v) is 4.89. The predicted molar refractivity (Wildman–Crippen MR) is 134 cm³/mol. The van der Waals surface area contributed by atoms with Crippen LogP contribution in [0.5, 0.6) is 0 Å². The van der Waals surface area contributed by atoms with Gasteiger partial charge in [0.25, 0.3) is 11.8 Å². The Morgan fingerprint density at radius 2 is 2.11 bits per heavy atom. The van der Waals surface area contributed by atoms with Gasteiger partial charge in [-0.25, -0.2) is 9.18 Å². The second-order valence-corrected chi connectivity index (χ2v) is 9.73. The van der Waals surface area contributed by atoms with Crippen LogP contribution in [-0.4, -0.2) is 46.4 Å². The Labute approximate surface area is 213 Å². The number of carboxylic acids is 1. The molecule has 1 unspecified atom stereocenters. The zero-order chi connectivity index (χ0) is 26.2. The van der Waals surface area contributed by atoms with Crippen LogP contribution in [0.15, 0.2) is 63.7 Å². The third-order valence-corrected chi connectivity index (χ3v) is 7.18. The number of benzene rings is 1. The normalized spacial score (nSPS) is 20.4. The number of hydrogen-bond donors (Lipinski definition) is 2. The van der Waals surface area contributed by atoms with Gasteiger partial charge in [0.2, 0.25) is 5.82 Å². The van der Waals surface area contributed by atoms with E-state index in [-0.39, 0.29) is 17.3 Å². The van der Waals surface area contributed by atoms with Crippen LogP contribution in [0.1, 0.15) is 55.3 Å². The molecule has 1 fully saturated rings. The number of carbonyl (C=O) groups is 2. The lowest BCUT2D eigenvalue weighted by Gasteiger charge is -2.27. The monoisotopic (exact) mass is 505 g/mol. The van der Waals surface area contributed by atoms with Crippen LogP contribution in [0.4, 0.5) is 4.39 Å². The summed E-state index contributed by atoms with van der Waals surface area (Å²) in [5.41, 5.74) is 3.56. The Morgan fingerprint density at radius 1 is 1.30 bits per heavy atom. The van der Waals surface area contributed by atoms with Crippen molar-refractivity contribution in [1.29, 1.82) is 0 Å². The number of rotatable bonds is 8. The van der Waals surface area contributed by atoms with Crippen molar-refractivity contribution in [2.75, 3.05) is 13.7 Å². The molecule has 2 N–H and O–H groups in total. The molecule has 192 valence electrons. The average molecular weight is 506 g/mol. The minimum absolute atomic E-state index is 0.146. The van der Waals surface area contributed by atoms with Gasteiger partial charge in [-0.2, -0.15) is 4.98 Å². The number of methoxy groups -OCH3 is 1. The molecule has 1 saturated carbocycles. The first kappa shape index (κ1) is 24.8. The topological polar surface area (TPSA) is 115 Å². The number of allylic oxidation sites excluding steroid dienone is 7. The lowest BCUT2D eigenvalue weighted by molar-refractivity contribution is -0.140. The quantitative estimate of drug-likeness (QED) is 0.526. The molecule has 3 aliphatic rings. The molecule has 0 bridgehead atoms. The van der Waals surface area contributed by atoms with E-state index in [9.17, 15) is 19.1 Å². The van der Waals surface area contributed by atoms with Crippen molar-refractivity contribution < 1.29 is 28.3 Å². The van der Waals surface area contributed by atoms with E-state index in [0.29, 0.717) is 37.3 Å². The van der Waals surface area contributed by atoms with Gasteiger partial charge in [-0.15, -0.1) is 0 Å². The van der Waals surface area contributed by atoms with Crippen molar-refractivity contribution in [2.45, 2.75) is 44.6 Å². The third kappa shape index (κ3) is 4.91. The van der Waals surface area contributed by atoms with Gasteiger partial charge in [-0.1, -0.05) is 35.5 Å². The molecule has 1 atom stereocenters. The standard InChI is InChI=1S/C28H28FN3O5/c1-16-5-3-4-6-20(16)21-9-8-18(13-19(21)15-36-2)26-30-24(32-37-26)17-7-10-22(23(29)14-17)25(33)31-28(11-12-28)27(34)35/h3,5,7-10,14,19H,4,6,11-13,15H2,1-2H3,(H,31,33)(H,34,35). The number of hydrogen-bond acceptors (Lipinski definition) is 6. The van der Waals surface area contributed by atoms with Crippen molar-refractivity contribution in [3.63, 3.8) is 0 Å². The molecular weight excluding hydrogens is 477 g/mol. The highest BCUT2D eigenvalue weighted by Crippen LogP contribution is 2.39. The van der Waals surface area contributed by atoms with Crippen LogP contribution in [0.3, 0.4) is 0 Å². The highest BCUT2D eigenvalue weighted by atomic mass is 19.1. The van der Waals surface area contributed by atoms with Gasteiger partial charge >= 0.3 is 5.97 Å². The van der Waals surface area contributed by atoms with E-state index in [1.54, 1.807) is 7.11 Å². The summed E-state index contributed by atoms with van der Waals surface area (Å²) >= 11 is 0. The maximum Gasteiger partial charge on any atom is 0.329 e. The van der Waals surface area contributed by atoms with Gasteiger partial charge in [0.05, 0.1) is 12.2 Å². The van der Waals surface area contributed by atoms with E-state index in [1.807, 2.05) is 6.08 Å². The number of amides is 1. The fraction of sp³-hybridized carbons (Fsp3) is 0.357. The van der Waals surface area contributed by atoms with E-state index < -0.39 is 23.2 Å². The summed E-state index contributed by atoms with van der Waals surface area (Å²) in [6.45, 7) is 2.69. The number of aliphatic carboxylic acids is 1. The number of nitrogens with one attached hydrogen (secondary N) is 1. The maximum atomic E-state index is 14.8. The van der Waals surface area contributed by atoms with Crippen molar-refractivity contribution >= 4 is 17.4 Å². The molecule has 0 radical (unpaired) electrons. The van der Waals surface area contributed by atoms with E-state index >= 15 is 0 Å². The molecule has 1 amide bonds. The Kier molecular flexibility index (Phi) is 6.64. The zero-order valence-electron chi connectivity index (χ0n) is 20.7. The minimum Gasteiger partial charge on any atom is -0.480 e. The maximum absolute atomic E-state index is 14.8. The highest BCUT2D eigenvalue weighted by Gasteiger charge is 2.51. The Hall–Kier alpha value is -3.85. The van der Waals surface area contributed by atoms with Crippen LogP contribution >= 0.6 is 0 Å². The molecule has 1 heterocycles. The smallest absolute Gasteiger partial charge is 0.329 e. The number of carboxylic acid groups (broad SMARTS) is 1. The minimum atomic E-state index is -1.30.